The molecular formula is C15H24ClNO2S. The number of halogens is 1. The average Bonchev–Trinajstić information content (AvgIpc) is 2.36. The molecule has 0 unspecified atom stereocenters. The lowest BCUT2D eigenvalue weighted by Gasteiger charge is -2.24. The molecule has 1 aromatic rings. The van der Waals surface area contributed by atoms with Gasteiger partial charge in [0, 0.05) is 25.5 Å². The third-order valence-electron chi connectivity index (χ3n) is 3.26. The highest BCUT2D eigenvalue weighted by atomic mass is 35.5. The van der Waals surface area contributed by atoms with Crippen LogP contribution in [0.2, 0.25) is 0 Å². The third-order valence-corrected chi connectivity index (χ3v) is 6.01. The zero-order chi connectivity index (χ0) is 15.2. The van der Waals surface area contributed by atoms with Gasteiger partial charge in [-0.3, -0.25) is 4.90 Å². The second-order valence-corrected chi connectivity index (χ2v) is 9.12. The molecule has 0 aliphatic heterocycles. The van der Waals surface area contributed by atoms with Gasteiger partial charge < -0.3 is 0 Å². The predicted molar refractivity (Wildman–Crippen MR) is 86.0 cm³/mol. The van der Waals surface area contributed by atoms with Crippen LogP contribution in [0.15, 0.2) is 30.3 Å². The largest absolute Gasteiger partial charge is 0.297 e. The van der Waals surface area contributed by atoms with Gasteiger partial charge in [0.2, 0.25) is 0 Å². The van der Waals surface area contributed by atoms with E-state index in [-0.39, 0.29) is 5.75 Å². The molecule has 0 radical (unpaired) electrons. The van der Waals surface area contributed by atoms with Crippen molar-refractivity contribution < 1.29 is 8.42 Å². The molecule has 0 amide bonds. The van der Waals surface area contributed by atoms with Crippen molar-refractivity contribution >= 4 is 21.4 Å². The zero-order valence-corrected chi connectivity index (χ0v) is 14.0. The number of hydrogen-bond acceptors (Lipinski definition) is 3. The predicted octanol–water partition coefficient (Wildman–Crippen LogP) is 2.94. The van der Waals surface area contributed by atoms with E-state index in [2.05, 4.69) is 4.90 Å². The Morgan fingerprint density at radius 1 is 1.10 bits per heavy atom. The highest BCUT2D eigenvalue weighted by molar-refractivity contribution is 7.92. The van der Waals surface area contributed by atoms with E-state index in [1.807, 2.05) is 30.3 Å². The molecule has 114 valence electrons. The van der Waals surface area contributed by atoms with Gasteiger partial charge in [0.05, 0.1) is 10.5 Å². The van der Waals surface area contributed by atoms with Gasteiger partial charge in [0.1, 0.15) is 0 Å². The van der Waals surface area contributed by atoms with Crippen LogP contribution in [0.5, 0.6) is 0 Å². The van der Waals surface area contributed by atoms with Gasteiger partial charge in [-0.15, -0.1) is 11.6 Å². The van der Waals surface area contributed by atoms with Crippen molar-refractivity contribution in [2.24, 2.45) is 0 Å². The summed E-state index contributed by atoms with van der Waals surface area (Å²) in [5, 5.41) is 0. The van der Waals surface area contributed by atoms with Gasteiger partial charge in [-0.1, -0.05) is 30.3 Å². The number of benzene rings is 1. The summed E-state index contributed by atoms with van der Waals surface area (Å²) < 4.78 is 23.6. The van der Waals surface area contributed by atoms with Crippen molar-refractivity contribution in [2.45, 2.75) is 32.1 Å². The molecule has 1 aromatic carbocycles. The summed E-state index contributed by atoms with van der Waals surface area (Å²) in [6.45, 7) is 7.16. The van der Waals surface area contributed by atoms with Crippen LogP contribution >= 0.6 is 11.6 Å². The SMILES string of the molecule is CC(C)(C)S(=O)(=O)CCN(CCCl)Cc1ccccc1. The van der Waals surface area contributed by atoms with Crippen LogP contribution in [0.4, 0.5) is 0 Å². The standard InChI is InChI=1S/C15H24ClNO2S/c1-15(2,3)20(18,19)12-11-17(10-9-16)13-14-7-5-4-6-8-14/h4-8H,9-13H2,1-3H3. The maximum absolute atomic E-state index is 12.2. The second kappa shape index (κ2) is 7.43. The molecule has 0 saturated carbocycles. The van der Waals surface area contributed by atoms with E-state index in [1.165, 1.54) is 5.56 Å². The van der Waals surface area contributed by atoms with Crippen LogP contribution < -0.4 is 0 Å². The Kier molecular flexibility index (Phi) is 6.49. The number of nitrogens with zero attached hydrogens (tertiary/aromatic N) is 1. The highest BCUT2D eigenvalue weighted by Crippen LogP contribution is 2.16. The topological polar surface area (TPSA) is 37.4 Å². The zero-order valence-electron chi connectivity index (χ0n) is 12.5. The third kappa shape index (κ3) is 5.43. The Labute approximate surface area is 127 Å². The Morgan fingerprint density at radius 2 is 1.70 bits per heavy atom. The van der Waals surface area contributed by atoms with E-state index < -0.39 is 14.6 Å². The molecule has 0 fully saturated rings. The van der Waals surface area contributed by atoms with Crippen molar-refractivity contribution in [3.05, 3.63) is 35.9 Å². The quantitative estimate of drug-likeness (QED) is 0.726. The average molecular weight is 318 g/mol. The maximum Gasteiger partial charge on any atom is 0.156 e. The Bertz CT molecular complexity index is 494. The van der Waals surface area contributed by atoms with Crippen LogP contribution in [-0.2, 0) is 16.4 Å². The first-order valence-electron chi connectivity index (χ1n) is 6.81. The first kappa shape index (κ1) is 17.5. The van der Waals surface area contributed by atoms with E-state index in [0.29, 0.717) is 19.0 Å². The first-order chi connectivity index (χ1) is 9.26. The fraction of sp³-hybridized carbons (Fsp3) is 0.600. The molecule has 1 rings (SSSR count). The first-order valence-corrected chi connectivity index (χ1v) is 8.99. The molecule has 3 nitrogen and oxygen atoms in total. The molecule has 0 aromatic heterocycles. The Hall–Kier alpha value is -0.580. The number of sulfone groups is 1. The van der Waals surface area contributed by atoms with Crippen LogP contribution in [0, 0.1) is 0 Å². The molecule has 5 heteroatoms. The van der Waals surface area contributed by atoms with Crippen LogP contribution in [0.1, 0.15) is 26.3 Å². The van der Waals surface area contributed by atoms with Gasteiger partial charge >= 0.3 is 0 Å². The summed E-state index contributed by atoms with van der Waals surface area (Å²) >= 11 is 5.81. The lowest BCUT2D eigenvalue weighted by molar-refractivity contribution is 0.298. The minimum Gasteiger partial charge on any atom is -0.297 e. The molecule has 0 heterocycles. The Balaban J connectivity index is 2.65. The lowest BCUT2D eigenvalue weighted by atomic mass is 10.2. The summed E-state index contributed by atoms with van der Waals surface area (Å²) in [7, 11) is -3.09. The van der Waals surface area contributed by atoms with Crippen molar-refractivity contribution in [3.8, 4) is 0 Å². The van der Waals surface area contributed by atoms with Gasteiger partial charge in [-0.25, -0.2) is 8.42 Å². The molecule has 0 spiro atoms. The minimum absolute atomic E-state index is 0.167. The molecular weight excluding hydrogens is 294 g/mol. The van der Waals surface area contributed by atoms with Crippen LogP contribution in [-0.4, -0.2) is 42.8 Å². The van der Waals surface area contributed by atoms with Crippen molar-refractivity contribution in [2.75, 3.05) is 24.7 Å². The lowest BCUT2D eigenvalue weighted by Crippen LogP contribution is -2.37. The number of alkyl halides is 1. The summed E-state index contributed by atoms with van der Waals surface area (Å²) in [4.78, 5) is 2.09. The van der Waals surface area contributed by atoms with Gasteiger partial charge in [-0.2, -0.15) is 0 Å². The summed E-state index contributed by atoms with van der Waals surface area (Å²) in [6.07, 6.45) is 0. The minimum atomic E-state index is -3.09. The fourth-order valence-electron chi connectivity index (χ4n) is 1.79. The normalized spacial score (nSPS) is 12.8. The van der Waals surface area contributed by atoms with Crippen molar-refractivity contribution in [1.82, 2.24) is 4.90 Å². The van der Waals surface area contributed by atoms with Crippen LogP contribution in [0.3, 0.4) is 0 Å². The summed E-state index contributed by atoms with van der Waals surface area (Å²) in [5.41, 5.74) is 1.17. The monoisotopic (exact) mass is 317 g/mol. The fourth-order valence-corrected chi connectivity index (χ4v) is 3.14. The van der Waals surface area contributed by atoms with E-state index in [4.69, 9.17) is 11.6 Å². The number of rotatable bonds is 7. The van der Waals surface area contributed by atoms with Gasteiger partial charge in [0.25, 0.3) is 0 Å². The van der Waals surface area contributed by atoms with E-state index in [1.54, 1.807) is 20.8 Å². The van der Waals surface area contributed by atoms with E-state index in [9.17, 15) is 8.42 Å². The van der Waals surface area contributed by atoms with Crippen LogP contribution in [0.25, 0.3) is 0 Å². The molecule has 0 N–H and O–H groups in total. The molecule has 0 atom stereocenters. The van der Waals surface area contributed by atoms with Gasteiger partial charge in [-0.05, 0) is 26.3 Å². The maximum atomic E-state index is 12.2. The van der Waals surface area contributed by atoms with Crippen molar-refractivity contribution in [1.29, 1.82) is 0 Å². The summed E-state index contributed by atoms with van der Waals surface area (Å²) in [6, 6.07) is 10.0. The second-order valence-electron chi connectivity index (χ2n) is 5.88. The smallest absolute Gasteiger partial charge is 0.156 e. The highest BCUT2D eigenvalue weighted by Gasteiger charge is 2.28. The van der Waals surface area contributed by atoms with E-state index >= 15 is 0 Å². The van der Waals surface area contributed by atoms with E-state index in [0.717, 1.165) is 6.54 Å². The molecule has 20 heavy (non-hydrogen) atoms. The summed E-state index contributed by atoms with van der Waals surface area (Å²) in [5.74, 6) is 0.669. The molecule has 0 saturated heterocycles. The number of hydrogen-bond donors (Lipinski definition) is 0. The van der Waals surface area contributed by atoms with Gasteiger partial charge in [0.15, 0.2) is 9.84 Å². The Morgan fingerprint density at radius 3 is 2.20 bits per heavy atom. The van der Waals surface area contributed by atoms with Crippen molar-refractivity contribution in [3.63, 3.8) is 0 Å². The molecule has 0 aliphatic carbocycles. The molecule has 0 bridgehead atoms. The molecule has 0 aliphatic rings.